The van der Waals surface area contributed by atoms with Crippen molar-refractivity contribution in [2.24, 2.45) is 10.3 Å². The van der Waals surface area contributed by atoms with Crippen molar-refractivity contribution >= 4 is 64.3 Å². The van der Waals surface area contributed by atoms with E-state index < -0.39 is 41.6 Å². The first-order valence-corrected chi connectivity index (χ1v) is 33.6. The zero-order valence-corrected chi connectivity index (χ0v) is 57.3. The maximum atomic E-state index is 14.4. The lowest BCUT2D eigenvalue weighted by Crippen LogP contribution is -2.15. The molecule has 0 aliphatic heterocycles. The summed E-state index contributed by atoms with van der Waals surface area (Å²) in [6, 6.07) is 15.4. The first kappa shape index (κ1) is 78.6. The summed E-state index contributed by atoms with van der Waals surface area (Å²) in [5.74, 6) is 14.4. The van der Waals surface area contributed by atoms with Crippen LogP contribution < -0.4 is 16.0 Å². The van der Waals surface area contributed by atoms with Crippen LogP contribution in [0.1, 0.15) is 246 Å². The second-order valence-electron chi connectivity index (χ2n) is 22.5. The maximum Gasteiger partial charge on any atom is 0.340 e. The van der Waals surface area contributed by atoms with E-state index in [2.05, 4.69) is 82.6 Å². The van der Waals surface area contributed by atoms with E-state index in [1.54, 1.807) is 36.4 Å². The summed E-state index contributed by atoms with van der Waals surface area (Å²) < 4.78 is 39.0. The zero-order chi connectivity index (χ0) is 69.0. The normalized spacial score (nSPS) is 10.7. The topological polar surface area (TPSA) is 248 Å². The van der Waals surface area contributed by atoms with Gasteiger partial charge >= 0.3 is 23.9 Å². The smallest absolute Gasteiger partial charge is 0.340 e. The van der Waals surface area contributed by atoms with Crippen molar-refractivity contribution in [3.63, 3.8) is 0 Å². The van der Waals surface area contributed by atoms with Crippen molar-refractivity contribution in [2.45, 2.75) is 171 Å². The second-order valence-corrected chi connectivity index (χ2v) is 22.5. The van der Waals surface area contributed by atoms with Crippen LogP contribution in [0.15, 0.2) is 71.0 Å². The van der Waals surface area contributed by atoms with Crippen molar-refractivity contribution in [3.05, 3.63) is 116 Å². The number of hydrogen-bond acceptors (Lipinski definition) is 16. The number of hydrogen-bond donors (Lipinski definition) is 3. The quantitative estimate of drug-likeness (QED) is 0.00933. The van der Waals surface area contributed by atoms with Crippen molar-refractivity contribution in [1.29, 1.82) is 0 Å². The number of carbonyl (C=O) groups is 7. The van der Waals surface area contributed by atoms with E-state index in [4.69, 9.17) is 33.2 Å². The molecule has 0 spiro atoms. The Bertz CT molecular complexity index is 3380. The molecule has 95 heavy (non-hydrogen) atoms. The highest BCUT2D eigenvalue weighted by Crippen LogP contribution is 2.31. The van der Waals surface area contributed by atoms with E-state index in [9.17, 15) is 33.6 Å². The van der Waals surface area contributed by atoms with Crippen LogP contribution >= 0.6 is 0 Å². The Balaban J connectivity index is 1.99. The predicted octanol–water partition coefficient (Wildman–Crippen LogP) is 14.5. The summed E-state index contributed by atoms with van der Waals surface area (Å²) in [7, 11) is 1.59. The monoisotopic (exact) mass is 1310 g/mol. The molecule has 0 radical (unpaired) electrons. The number of amides is 3. The van der Waals surface area contributed by atoms with Crippen molar-refractivity contribution in [1.82, 2.24) is 5.01 Å². The van der Waals surface area contributed by atoms with Crippen LogP contribution in [0.2, 0.25) is 0 Å². The second kappa shape index (κ2) is 46.3. The number of unbranched alkanes of at least 4 members (excludes halogenated alkanes) is 15. The van der Waals surface area contributed by atoms with Crippen molar-refractivity contribution < 1.29 is 66.7 Å². The molecule has 512 valence electrons. The van der Waals surface area contributed by atoms with Gasteiger partial charge in [-0.3, -0.25) is 19.4 Å². The Morgan fingerprint density at radius 3 is 1.16 bits per heavy atom. The summed E-state index contributed by atoms with van der Waals surface area (Å²) in [4.78, 5) is 94.9. The SMILES string of the molecule is CCCCCCCCOC(=O)c1cc(NC(C)=O)c(C#Cc2ccccc2C(=O)OCCOCCOCCOC)cc1C#Cc1cc(C#Cc2cc(N=NN(CC)CC)c(C(=O)OCCCCCCCC)cc2NC(C)=O)c(C(=O)OCCCCCCCC)cc1NC(C)=O. The van der Waals surface area contributed by atoms with E-state index in [-0.39, 0.29) is 106 Å². The average molecular weight is 1310 g/mol. The van der Waals surface area contributed by atoms with E-state index in [1.807, 2.05) is 13.8 Å². The van der Waals surface area contributed by atoms with Gasteiger partial charge in [-0.05, 0) is 81.6 Å². The van der Waals surface area contributed by atoms with Crippen LogP contribution in [-0.2, 0) is 47.5 Å². The van der Waals surface area contributed by atoms with Crippen LogP contribution in [0.3, 0.4) is 0 Å². The zero-order valence-electron chi connectivity index (χ0n) is 57.3. The van der Waals surface area contributed by atoms with Gasteiger partial charge in [0.05, 0.1) is 97.7 Å². The molecule has 0 atom stereocenters. The summed E-state index contributed by atoms with van der Waals surface area (Å²) >= 11 is 0. The third-order valence-corrected chi connectivity index (χ3v) is 14.7. The van der Waals surface area contributed by atoms with E-state index in [1.165, 1.54) is 57.2 Å². The fraction of sp³-hybridized carbons (Fsp3) is 0.507. The average Bonchev–Trinajstić information content (AvgIpc) is 0.860. The highest BCUT2D eigenvalue weighted by molar-refractivity contribution is 6.01. The molecular formula is C75H98N6O14. The lowest BCUT2D eigenvalue weighted by atomic mass is 9.98. The largest absolute Gasteiger partial charge is 0.462 e. The minimum Gasteiger partial charge on any atom is -0.462 e. The fourth-order valence-corrected chi connectivity index (χ4v) is 9.51. The molecular weight excluding hydrogens is 1210 g/mol. The number of ether oxygens (including phenoxy) is 7. The van der Waals surface area contributed by atoms with Gasteiger partial charge in [-0.15, -0.1) is 5.11 Å². The summed E-state index contributed by atoms with van der Waals surface area (Å²) in [6.07, 6.45) is 17.2. The van der Waals surface area contributed by atoms with Crippen LogP contribution in [-0.4, -0.2) is 126 Å². The number of benzene rings is 4. The minimum atomic E-state index is -0.736. The molecule has 20 heteroatoms. The molecule has 4 rings (SSSR count). The van der Waals surface area contributed by atoms with Crippen LogP contribution in [0.5, 0.6) is 0 Å². The van der Waals surface area contributed by atoms with Crippen molar-refractivity contribution in [3.8, 4) is 35.5 Å². The molecule has 4 aromatic rings. The van der Waals surface area contributed by atoms with Gasteiger partial charge in [0, 0.05) is 68.8 Å². The molecule has 0 unspecified atom stereocenters. The number of rotatable bonds is 41. The van der Waals surface area contributed by atoms with Crippen molar-refractivity contribution in [2.75, 3.05) is 95.6 Å². The highest BCUT2D eigenvalue weighted by atomic mass is 16.6. The Morgan fingerprint density at radius 2 is 0.726 bits per heavy atom. The molecule has 0 fully saturated rings. The number of nitrogens with zero attached hydrogens (tertiary/aromatic N) is 3. The van der Waals surface area contributed by atoms with E-state index >= 15 is 0 Å². The molecule has 3 amide bonds. The molecule has 4 aromatic carbocycles. The van der Waals surface area contributed by atoms with Crippen LogP contribution in [0.25, 0.3) is 0 Å². The number of nitrogens with one attached hydrogen (secondary N) is 3. The standard InChI is InChI=1S/C75H98N6O14/c1-10-15-18-21-24-29-40-92-73(86)65-52-68(76-55(6)82)61(37-34-58-32-27-28-33-64(58)72(85)95-48-47-91-46-45-90-44-43-89-9)49-59(65)35-38-62-50-60(66(53-69(62)77-56(7)83)74(87)93-41-30-25-22-19-16-11-2)36-39-63-51-71(79-80-81(13-4)14-5)67(54-70(63)78-57(8)84)75(88)94-42-31-26-23-20-17-12-3/h27-28,32-33,49-54H,10-26,29-31,40-48H2,1-9H3,(H,76,82)(H,77,83)(H,78,84). The van der Waals surface area contributed by atoms with Gasteiger partial charge in [0.15, 0.2) is 0 Å². The summed E-state index contributed by atoms with van der Waals surface area (Å²) in [6.45, 7) is 17.2. The number of methoxy groups -OCH3 is 1. The third-order valence-electron chi connectivity index (χ3n) is 14.7. The van der Waals surface area contributed by atoms with Gasteiger partial charge in [-0.25, -0.2) is 19.2 Å². The lowest BCUT2D eigenvalue weighted by Gasteiger charge is -2.14. The Hall–Kier alpha value is -8.87. The Morgan fingerprint density at radius 1 is 0.379 bits per heavy atom. The van der Waals surface area contributed by atoms with Gasteiger partial charge in [0.25, 0.3) is 0 Å². The van der Waals surface area contributed by atoms with Crippen LogP contribution in [0, 0.1) is 35.5 Å². The lowest BCUT2D eigenvalue weighted by molar-refractivity contribution is -0.115. The van der Waals surface area contributed by atoms with Crippen LogP contribution in [0.4, 0.5) is 22.7 Å². The Labute approximate surface area is 562 Å². The van der Waals surface area contributed by atoms with Gasteiger partial charge in [0.1, 0.15) is 12.3 Å². The molecule has 0 bridgehead atoms. The number of esters is 4. The molecule has 0 saturated carbocycles. The number of anilines is 3. The fourth-order valence-electron chi connectivity index (χ4n) is 9.51. The first-order valence-electron chi connectivity index (χ1n) is 33.6. The molecule has 3 N–H and O–H groups in total. The van der Waals surface area contributed by atoms with Gasteiger partial charge in [-0.1, -0.05) is 170 Å². The molecule has 0 aromatic heterocycles. The first-order chi connectivity index (χ1) is 46.1. The molecule has 0 aliphatic carbocycles. The molecule has 0 heterocycles. The molecule has 0 aliphatic rings. The minimum absolute atomic E-state index is 0.0179. The summed E-state index contributed by atoms with van der Waals surface area (Å²) in [5.41, 5.74) is 1.75. The third kappa shape index (κ3) is 30.0. The highest BCUT2D eigenvalue weighted by Gasteiger charge is 2.22. The van der Waals surface area contributed by atoms with Gasteiger partial charge in [0.2, 0.25) is 17.7 Å². The Kier molecular flexibility index (Phi) is 38.3. The predicted molar refractivity (Wildman–Crippen MR) is 369 cm³/mol. The molecule has 20 nitrogen and oxygen atoms in total. The van der Waals surface area contributed by atoms with Gasteiger partial charge < -0.3 is 49.1 Å². The summed E-state index contributed by atoms with van der Waals surface area (Å²) in [5, 5.41) is 19.0. The molecule has 0 saturated heterocycles. The van der Waals surface area contributed by atoms with E-state index in [0.29, 0.717) is 64.3 Å². The van der Waals surface area contributed by atoms with E-state index in [0.717, 1.165) is 96.3 Å². The number of carbonyl (C=O) groups excluding carboxylic acids is 7. The maximum absolute atomic E-state index is 14.4. The van der Waals surface area contributed by atoms with Gasteiger partial charge in [-0.2, -0.15) is 0 Å².